The number of carbonyl (C=O) groups is 1. The van der Waals surface area contributed by atoms with E-state index in [0.717, 1.165) is 18.4 Å². The molecule has 0 unspecified atom stereocenters. The van der Waals surface area contributed by atoms with E-state index in [4.69, 9.17) is 4.42 Å². The van der Waals surface area contributed by atoms with Crippen molar-refractivity contribution in [2.45, 2.75) is 18.9 Å². The summed E-state index contributed by atoms with van der Waals surface area (Å²) in [5.74, 6) is 0.486. The van der Waals surface area contributed by atoms with Crippen LogP contribution >= 0.6 is 0 Å². The Kier molecular flexibility index (Phi) is 2.70. The number of aromatic nitrogens is 2. The summed E-state index contributed by atoms with van der Waals surface area (Å²) in [4.78, 5) is 20.5. The van der Waals surface area contributed by atoms with Gasteiger partial charge in [-0.25, -0.2) is 4.98 Å². The lowest BCUT2D eigenvalue weighted by Crippen LogP contribution is -2.25. The molecule has 1 fully saturated rings. The van der Waals surface area contributed by atoms with Crippen molar-refractivity contribution in [2.75, 3.05) is 0 Å². The lowest BCUT2D eigenvalue weighted by molar-refractivity contribution is 0.0951. The van der Waals surface area contributed by atoms with E-state index >= 15 is 0 Å². The Morgan fingerprint density at radius 2 is 2.00 bits per heavy atom. The van der Waals surface area contributed by atoms with Gasteiger partial charge in [-0.2, -0.15) is 0 Å². The molecule has 0 saturated heterocycles. The molecule has 1 aliphatic carbocycles. The van der Waals surface area contributed by atoms with Gasteiger partial charge in [0.05, 0.1) is 0 Å². The highest BCUT2D eigenvalue weighted by Crippen LogP contribution is 2.25. The van der Waals surface area contributed by atoms with Crippen LogP contribution in [0, 0.1) is 0 Å². The number of hydrogen-bond acceptors (Lipinski definition) is 4. The fourth-order valence-corrected chi connectivity index (χ4v) is 2.18. The normalized spacial score (nSPS) is 14.3. The average Bonchev–Trinajstić information content (AvgIpc) is 3.23. The summed E-state index contributed by atoms with van der Waals surface area (Å²) >= 11 is 0. The molecule has 0 radical (unpaired) electrons. The topological polar surface area (TPSA) is 68.0 Å². The van der Waals surface area contributed by atoms with Gasteiger partial charge in [0.25, 0.3) is 5.91 Å². The Morgan fingerprint density at radius 3 is 2.76 bits per heavy atom. The molecule has 0 atom stereocenters. The molecule has 21 heavy (non-hydrogen) atoms. The fraction of sp³-hybridized carbons (Fsp3) is 0.188. The van der Waals surface area contributed by atoms with Gasteiger partial charge in [0.2, 0.25) is 5.89 Å². The van der Waals surface area contributed by atoms with Crippen molar-refractivity contribution in [3.8, 4) is 11.5 Å². The molecule has 3 aromatic rings. The minimum absolute atomic E-state index is 0.0483. The summed E-state index contributed by atoms with van der Waals surface area (Å²) in [6, 6.07) is 9.34. The van der Waals surface area contributed by atoms with Crippen molar-refractivity contribution in [1.29, 1.82) is 0 Å². The highest BCUT2D eigenvalue weighted by Gasteiger charge is 2.24. The van der Waals surface area contributed by atoms with Crippen LogP contribution in [0.25, 0.3) is 22.6 Å². The van der Waals surface area contributed by atoms with Crippen molar-refractivity contribution in [3.05, 3.63) is 48.3 Å². The number of rotatable bonds is 3. The quantitative estimate of drug-likeness (QED) is 0.800. The van der Waals surface area contributed by atoms with Crippen LogP contribution in [0.5, 0.6) is 0 Å². The second kappa shape index (κ2) is 4.70. The molecule has 2 aromatic heterocycles. The first-order valence-corrected chi connectivity index (χ1v) is 6.91. The summed E-state index contributed by atoms with van der Waals surface area (Å²) in [7, 11) is 0. The maximum absolute atomic E-state index is 12.0. The molecular weight excluding hydrogens is 266 g/mol. The van der Waals surface area contributed by atoms with Gasteiger partial charge in [-0.3, -0.25) is 9.78 Å². The van der Waals surface area contributed by atoms with Gasteiger partial charge in [0, 0.05) is 29.6 Å². The SMILES string of the molecule is O=C(NC1CC1)c1ccc2oc(-c3ccncc3)nc2c1. The summed E-state index contributed by atoms with van der Waals surface area (Å²) < 4.78 is 5.71. The van der Waals surface area contributed by atoms with Gasteiger partial charge in [0.15, 0.2) is 5.58 Å². The van der Waals surface area contributed by atoms with Gasteiger partial charge >= 0.3 is 0 Å². The van der Waals surface area contributed by atoms with E-state index in [-0.39, 0.29) is 5.91 Å². The van der Waals surface area contributed by atoms with Gasteiger partial charge in [0.1, 0.15) is 5.52 Å². The summed E-state index contributed by atoms with van der Waals surface area (Å²) in [6.07, 6.45) is 5.53. The lowest BCUT2D eigenvalue weighted by atomic mass is 10.2. The molecule has 1 aromatic carbocycles. The molecule has 2 heterocycles. The molecular formula is C16H13N3O2. The molecule has 0 bridgehead atoms. The molecule has 104 valence electrons. The maximum atomic E-state index is 12.0. The largest absolute Gasteiger partial charge is 0.436 e. The van der Waals surface area contributed by atoms with Gasteiger partial charge in [-0.1, -0.05) is 0 Å². The van der Waals surface area contributed by atoms with E-state index in [2.05, 4.69) is 15.3 Å². The van der Waals surface area contributed by atoms with Gasteiger partial charge in [-0.05, 0) is 43.2 Å². The van der Waals surface area contributed by atoms with E-state index in [1.54, 1.807) is 30.6 Å². The second-order valence-electron chi connectivity index (χ2n) is 5.19. The molecule has 4 rings (SSSR count). The molecule has 0 spiro atoms. The number of nitrogens with one attached hydrogen (secondary N) is 1. The number of hydrogen-bond donors (Lipinski definition) is 1. The Morgan fingerprint density at radius 1 is 1.19 bits per heavy atom. The van der Waals surface area contributed by atoms with E-state index in [1.807, 2.05) is 12.1 Å². The first kappa shape index (κ1) is 12.1. The van der Waals surface area contributed by atoms with E-state index in [1.165, 1.54) is 0 Å². The summed E-state index contributed by atoms with van der Waals surface area (Å²) in [5, 5.41) is 2.97. The van der Waals surface area contributed by atoms with Crippen LogP contribution in [0.2, 0.25) is 0 Å². The zero-order valence-corrected chi connectivity index (χ0v) is 11.2. The van der Waals surface area contributed by atoms with Gasteiger partial charge in [-0.15, -0.1) is 0 Å². The average molecular weight is 279 g/mol. The Bertz CT molecular complexity index is 807. The van der Waals surface area contributed by atoms with Crippen molar-refractivity contribution >= 4 is 17.0 Å². The predicted molar refractivity (Wildman–Crippen MR) is 77.7 cm³/mol. The fourth-order valence-electron chi connectivity index (χ4n) is 2.18. The monoisotopic (exact) mass is 279 g/mol. The summed E-state index contributed by atoms with van der Waals surface area (Å²) in [5.41, 5.74) is 2.84. The van der Waals surface area contributed by atoms with E-state index in [9.17, 15) is 4.79 Å². The van der Waals surface area contributed by atoms with Crippen LogP contribution in [-0.4, -0.2) is 21.9 Å². The number of oxazole rings is 1. The van der Waals surface area contributed by atoms with E-state index in [0.29, 0.717) is 28.6 Å². The van der Waals surface area contributed by atoms with Crippen molar-refractivity contribution < 1.29 is 9.21 Å². The van der Waals surface area contributed by atoms with Crippen LogP contribution in [0.3, 0.4) is 0 Å². The molecule has 0 aliphatic heterocycles. The first-order chi connectivity index (χ1) is 10.3. The number of fused-ring (bicyclic) bond motifs is 1. The molecule has 5 heteroatoms. The van der Waals surface area contributed by atoms with Crippen LogP contribution < -0.4 is 5.32 Å². The summed E-state index contributed by atoms with van der Waals surface area (Å²) in [6.45, 7) is 0. The third-order valence-electron chi connectivity index (χ3n) is 3.49. The highest BCUT2D eigenvalue weighted by molar-refractivity contribution is 5.97. The zero-order chi connectivity index (χ0) is 14.2. The van der Waals surface area contributed by atoms with Crippen molar-refractivity contribution in [3.63, 3.8) is 0 Å². The minimum Gasteiger partial charge on any atom is -0.436 e. The molecule has 1 saturated carbocycles. The van der Waals surface area contributed by atoms with Gasteiger partial charge < -0.3 is 9.73 Å². The minimum atomic E-state index is -0.0483. The number of benzene rings is 1. The third-order valence-corrected chi connectivity index (χ3v) is 3.49. The van der Waals surface area contributed by atoms with Crippen LogP contribution in [-0.2, 0) is 0 Å². The molecule has 1 aliphatic rings. The smallest absolute Gasteiger partial charge is 0.251 e. The number of carbonyl (C=O) groups excluding carboxylic acids is 1. The lowest BCUT2D eigenvalue weighted by Gasteiger charge is -2.01. The maximum Gasteiger partial charge on any atom is 0.251 e. The van der Waals surface area contributed by atoms with Crippen molar-refractivity contribution in [2.24, 2.45) is 0 Å². The van der Waals surface area contributed by atoms with Crippen LogP contribution in [0.4, 0.5) is 0 Å². The number of pyridine rings is 1. The van der Waals surface area contributed by atoms with E-state index < -0.39 is 0 Å². The Hall–Kier alpha value is -2.69. The highest BCUT2D eigenvalue weighted by atomic mass is 16.3. The standard InChI is InChI=1S/C16H13N3O2/c20-15(18-12-2-3-12)11-1-4-14-13(9-11)19-16(21-14)10-5-7-17-8-6-10/h1,4-9,12H,2-3H2,(H,18,20). The predicted octanol–water partition coefficient (Wildman–Crippen LogP) is 2.78. The number of amides is 1. The van der Waals surface area contributed by atoms with Crippen LogP contribution in [0.1, 0.15) is 23.2 Å². The molecule has 1 amide bonds. The Labute approximate surface area is 121 Å². The molecule has 5 nitrogen and oxygen atoms in total. The third kappa shape index (κ3) is 2.38. The molecule has 1 N–H and O–H groups in total. The van der Waals surface area contributed by atoms with Crippen LogP contribution in [0.15, 0.2) is 47.1 Å². The first-order valence-electron chi connectivity index (χ1n) is 6.91. The Balaban J connectivity index is 1.69. The van der Waals surface area contributed by atoms with Crippen molar-refractivity contribution in [1.82, 2.24) is 15.3 Å². The second-order valence-corrected chi connectivity index (χ2v) is 5.19. The zero-order valence-electron chi connectivity index (χ0n) is 11.2. The number of nitrogens with zero attached hydrogens (tertiary/aromatic N) is 2.